The third-order valence-electron chi connectivity index (χ3n) is 2.38. The molecule has 1 aromatic carbocycles. The lowest BCUT2D eigenvalue weighted by atomic mass is 10.1. The molecule has 1 atom stereocenters. The summed E-state index contributed by atoms with van der Waals surface area (Å²) in [5, 5.41) is 2.80. The van der Waals surface area contributed by atoms with Gasteiger partial charge >= 0.3 is 0 Å². The summed E-state index contributed by atoms with van der Waals surface area (Å²) >= 11 is 3.42. The first kappa shape index (κ1) is 13.2. The Labute approximate surface area is 105 Å². The molecule has 1 unspecified atom stereocenters. The normalized spacial score (nSPS) is 12.2. The molecule has 3 N–H and O–H groups in total. The maximum atomic E-state index is 11.6. The quantitative estimate of drug-likeness (QED) is 0.893. The van der Waals surface area contributed by atoms with Crippen molar-refractivity contribution in [3.8, 4) is 0 Å². The van der Waals surface area contributed by atoms with E-state index in [1.807, 2.05) is 32.0 Å². The summed E-state index contributed by atoms with van der Waals surface area (Å²) in [5.74, 6) is -0.127. The highest BCUT2D eigenvalue weighted by Gasteiger charge is 2.12. The van der Waals surface area contributed by atoms with Gasteiger partial charge in [-0.3, -0.25) is 4.79 Å². The average Bonchev–Trinajstić information content (AvgIpc) is 2.24. The number of anilines is 1. The third kappa shape index (κ3) is 3.61. The minimum absolute atomic E-state index is 0.127. The molecule has 0 aliphatic heterocycles. The Morgan fingerprint density at radius 3 is 2.81 bits per heavy atom. The number of carbonyl (C=O) groups excluding carboxylic acids is 1. The van der Waals surface area contributed by atoms with Crippen molar-refractivity contribution in [1.29, 1.82) is 0 Å². The molecule has 0 fully saturated rings. The highest BCUT2D eigenvalue weighted by molar-refractivity contribution is 9.10. The lowest BCUT2D eigenvalue weighted by Crippen LogP contribution is -2.35. The van der Waals surface area contributed by atoms with Crippen LogP contribution in [0.15, 0.2) is 22.7 Å². The molecular formula is C12H17BrN2O. The topological polar surface area (TPSA) is 55.1 Å². The predicted molar refractivity (Wildman–Crippen MR) is 70.4 cm³/mol. The van der Waals surface area contributed by atoms with Crippen molar-refractivity contribution in [3.63, 3.8) is 0 Å². The van der Waals surface area contributed by atoms with Gasteiger partial charge in [0, 0.05) is 10.2 Å². The van der Waals surface area contributed by atoms with Gasteiger partial charge in [-0.25, -0.2) is 0 Å². The molecule has 0 bridgehead atoms. The molecule has 1 rings (SSSR count). The van der Waals surface area contributed by atoms with E-state index in [0.717, 1.165) is 22.1 Å². The van der Waals surface area contributed by atoms with Gasteiger partial charge in [0.15, 0.2) is 0 Å². The van der Waals surface area contributed by atoms with Gasteiger partial charge in [0.05, 0.1) is 6.04 Å². The lowest BCUT2D eigenvalue weighted by molar-refractivity contribution is -0.117. The fraction of sp³-hybridized carbons (Fsp3) is 0.417. The summed E-state index contributed by atoms with van der Waals surface area (Å²) in [6.45, 7) is 4.01. The summed E-state index contributed by atoms with van der Waals surface area (Å²) in [4.78, 5) is 11.6. The smallest absolute Gasteiger partial charge is 0.241 e. The summed E-state index contributed by atoms with van der Waals surface area (Å²) in [6.07, 6.45) is 1.62. The Morgan fingerprint density at radius 1 is 1.56 bits per heavy atom. The van der Waals surface area contributed by atoms with Gasteiger partial charge in [0.1, 0.15) is 0 Å². The number of hydrogen-bond acceptors (Lipinski definition) is 2. The molecule has 0 saturated heterocycles. The van der Waals surface area contributed by atoms with Gasteiger partial charge in [0.2, 0.25) is 5.91 Å². The van der Waals surface area contributed by atoms with E-state index in [2.05, 4.69) is 21.2 Å². The van der Waals surface area contributed by atoms with E-state index in [4.69, 9.17) is 5.73 Å². The molecule has 3 nitrogen and oxygen atoms in total. The van der Waals surface area contributed by atoms with E-state index in [9.17, 15) is 4.79 Å². The van der Waals surface area contributed by atoms with E-state index in [1.165, 1.54) is 0 Å². The van der Waals surface area contributed by atoms with Crippen LogP contribution in [0.5, 0.6) is 0 Å². The zero-order valence-electron chi connectivity index (χ0n) is 9.59. The van der Waals surface area contributed by atoms with Crippen molar-refractivity contribution in [2.45, 2.75) is 32.7 Å². The molecule has 0 aliphatic carbocycles. The van der Waals surface area contributed by atoms with Gasteiger partial charge in [-0.05, 0) is 31.0 Å². The molecule has 88 valence electrons. The van der Waals surface area contributed by atoms with Gasteiger partial charge in [-0.1, -0.05) is 35.3 Å². The molecule has 0 heterocycles. The van der Waals surface area contributed by atoms with Crippen LogP contribution in [0.1, 0.15) is 25.3 Å². The Balaban J connectivity index is 2.66. The first-order valence-electron chi connectivity index (χ1n) is 5.37. The summed E-state index contributed by atoms with van der Waals surface area (Å²) < 4.78 is 0.981. The first-order chi connectivity index (χ1) is 7.54. The fourth-order valence-corrected chi connectivity index (χ4v) is 1.73. The molecule has 16 heavy (non-hydrogen) atoms. The SMILES string of the molecule is CCCC(N)C(=O)Nc1ccc(C)c(Br)c1. The van der Waals surface area contributed by atoms with Crippen LogP contribution in [-0.2, 0) is 4.79 Å². The standard InChI is InChI=1S/C12H17BrN2O/c1-3-4-11(14)12(16)15-9-6-5-8(2)10(13)7-9/h5-7,11H,3-4,14H2,1-2H3,(H,15,16). The number of nitrogens with two attached hydrogens (primary N) is 1. The van der Waals surface area contributed by atoms with Crippen LogP contribution >= 0.6 is 15.9 Å². The second-order valence-corrected chi connectivity index (χ2v) is 4.70. The second-order valence-electron chi connectivity index (χ2n) is 3.85. The van der Waals surface area contributed by atoms with Crippen molar-refractivity contribution < 1.29 is 4.79 Å². The number of rotatable bonds is 4. The van der Waals surface area contributed by atoms with Crippen molar-refractivity contribution in [2.24, 2.45) is 5.73 Å². The number of aryl methyl sites for hydroxylation is 1. The summed E-state index contributed by atoms with van der Waals surface area (Å²) in [5.41, 5.74) is 7.63. The van der Waals surface area contributed by atoms with Gasteiger partial charge in [0.25, 0.3) is 0 Å². The lowest BCUT2D eigenvalue weighted by Gasteiger charge is -2.11. The zero-order valence-corrected chi connectivity index (χ0v) is 11.2. The van der Waals surface area contributed by atoms with Crippen molar-refractivity contribution in [3.05, 3.63) is 28.2 Å². The number of nitrogens with one attached hydrogen (secondary N) is 1. The zero-order chi connectivity index (χ0) is 12.1. The maximum Gasteiger partial charge on any atom is 0.241 e. The number of benzene rings is 1. The summed E-state index contributed by atoms with van der Waals surface area (Å²) in [7, 11) is 0. The van der Waals surface area contributed by atoms with E-state index in [0.29, 0.717) is 6.42 Å². The molecule has 0 aromatic heterocycles. The molecule has 4 heteroatoms. The molecule has 0 aliphatic rings. The van der Waals surface area contributed by atoms with Gasteiger partial charge in [-0.2, -0.15) is 0 Å². The Bertz CT molecular complexity index is 379. The molecule has 0 radical (unpaired) electrons. The van der Waals surface area contributed by atoms with E-state index in [-0.39, 0.29) is 5.91 Å². The van der Waals surface area contributed by atoms with Crippen LogP contribution < -0.4 is 11.1 Å². The second kappa shape index (κ2) is 6.01. The van der Waals surface area contributed by atoms with Gasteiger partial charge in [-0.15, -0.1) is 0 Å². The van der Waals surface area contributed by atoms with Crippen LogP contribution in [0.4, 0.5) is 5.69 Å². The minimum Gasteiger partial charge on any atom is -0.325 e. The third-order valence-corrected chi connectivity index (χ3v) is 3.23. The summed E-state index contributed by atoms with van der Waals surface area (Å²) in [6, 6.07) is 5.28. The highest BCUT2D eigenvalue weighted by atomic mass is 79.9. The first-order valence-corrected chi connectivity index (χ1v) is 6.16. The van der Waals surface area contributed by atoms with Crippen molar-refractivity contribution in [1.82, 2.24) is 0 Å². The van der Waals surface area contributed by atoms with Crippen molar-refractivity contribution >= 4 is 27.5 Å². The molecule has 0 spiro atoms. The number of halogens is 1. The number of amides is 1. The average molecular weight is 285 g/mol. The number of carbonyl (C=O) groups is 1. The molecule has 1 amide bonds. The van der Waals surface area contributed by atoms with E-state index in [1.54, 1.807) is 0 Å². The van der Waals surface area contributed by atoms with Crippen LogP contribution in [-0.4, -0.2) is 11.9 Å². The van der Waals surface area contributed by atoms with Crippen LogP contribution in [0.3, 0.4) is 0 Å². The van der Waals surface area contributed by atoms with E-state index < -0.39 is 6.04 Å². The predicted octanol–water partition coefficient (Wildman–Crippen LogP) is 2.82. The van der Waals surface area contributed by atoms with Crippen LogP contribution in [0.2, 0.25) is 0 Å². The maximum absolute atomic E-state index is 11.6. The Hall–Kier alpha value is -0.870. The number of hydrogen-bond donors (Lipinski definition) is 2. The Morgan fingerprint density at radius 2 is 2.25 bits per heavy atom. The van der Waals surface area contributed by atoms with E-state index >= 15 is 0 Å². The minimum atomic E-state index is -0.426. The monoisotopic (exact) mass is 284 g/mol. The fourth-order valence-electron chi connectivity index (χ4n) is 1.35. The molecule has 0 saturated carbocycles. The molecule has 1 aromatic rings. The highest BCUT2D eigenvalue weighted by Crippen LogP contribution is 2.20. The van der Waals surface area contributed by atoms with Crippen LogP contribution in [0.25, 0.3) is 0 Å². The van der Waals surface area contributed by atoms with Crippen LogP contribution in [0, 0.1) is 6.92 Å². The Kier molecular flexibility index (Phi) is 4.96. The van der Waals surface area contributed by atoms with Gasteiger partial charge < -0.3 is 11.1 Å². The van der Waals surface area contributed by atoms with Crippen molar-refractivity contribution in [2.75, 3.05) is 5.32 Å². The molecular weight excluding hydrogens is 268 g/mol. The largest absolute Gasteiger partial charge is 0.325 e.